The minimum atomic E-state index is 0.562. The summed E-state index contributed by atoms with van der Waals surface area (Å²) < 4.78 is 6.94. The van der Waals surface area contributed by atoms with Crippen LogP contribution in [0, 0.1) is 0 Å². The Balaban J connectivity index is 2.14. The van der Waals surface area contributed by atoms with Gasteiger partial charge in [-0.3, -0.25) is 4.40 Å². The first-order chi connectivity index (χ1) is 9.69. The van der Waals surface area contributed by atoms with Crippen LogP contribution in [-0.4, -0.2) is 16.5 Å². The van der Waals surface area contributed by atoms with E-state index in [1.165, 1.54) is 0 Å². The maximum Gasteiger partial charge on any atom is 0.139 e. The van der Waals surface area contributed by atoms with Gasteiger partial charge in [0.15, 0.2) is 0 Å². The smallest absolute Gasteiger partial charge is 0.139 e. The lowest BCUT2D eigenvalue weighted by atomic mass is 10.1. The Morgan fingerprint density at radius 1 is 1.30 bits per heavy atom. The average Bonchev–Trinajstić information content (AvgIpc) is 2.77. The van der Waals surface area contributed by atoms with Crippen molar-refractivity contribution in [3.05, 3.63) is 53.2 Å². The number of halogens is 1. The van der Waals surface area contributed by atoms with Crippen LogP contribution in [0.2, 0.25) is 5.02 Å². The molecule has 20 heavy (non-hydrogen) atoms. The van der Waals surface area contributed by atoms with Crippen LogP contribution in [-0.2, 0) is 11.3 Å². The number of pyridine rings is 1. The minimum Gasteiger partial charge on any atom is -0.383 e. The van der Waals surface area contributed by atoms with E-state index < -0.39 is 0 Å². The summed E-state index contributed by atoms with van der Waals surface area (Å²) in [7, 11) is 1.67. The zero-order valence-corrected chi connectivity index (χ0v) is 11.8. The van der Waals surface area contributed by atoms with Gasteiger partial charge in [0.1, 0.15) is 17.2 Å². The molecule has 0 unspecified atom stereocenters. The summed E-state index contributed by atoms with van der Waals surface area (Å²) >= 11 is 5.99. The lowest BCUT2D eigenvalue weighted by Gasteiger charge is -2.03. The molecule has 2 aromatic heterocycles. The van der Waals surface area contributed by atoms with Gasteiger partial charge < -0.3 is 10.5 Å². The molecule has 0 saturated carbocycles. The molecule has 4 nitrogen and oxygen atoms in total. The van der Waals surface area contributed by atoms with Gasteiger partial charge in [0.25, 0.3) is 0 Å². The average molecular weight is 288 g/mol. The Labute approximate surface area is 121 Å². The zero-order valence-electron chi connectivity index (χ0n) is 11.0. The summed E-state index contributed by atoms with van der Waals surface area (Å²) in [5, 5.41) is 0.626. The summed E-state index contributed by atoms with van der Waals surface area (Å²) in [6, 6.07) is 11.6. The van der Waals surface area contributed by atoms with Crippen molar-refractivity contribution in [2.24, 2.45) is 0 Å². The third-order valence-electron chi connectivity index (χ3n) is 3.13. The Morgan fingerprint density at radius 2 is 2.15 bits per heavy atom. The molecule has 3 aromatic rings. The molecule has 0 aliphatic rings. The van der Waals surface area contributed by atoms with Crippen LogP contribution in [0.3, 0.4) is 0 Å². The molecule has 0 aliphatic carbocycles. The van der Waals surface area contributed by atoms with Gasteiger partial charge in [0.2, 0.25) is 0 Å². The summed E-state index contributed by atoms with van der Waals surface area (Å²) in [6.07, 6.45) is 1.77. The van der Waals surface area contributed by atoms with Gasteiger partial charge in [0.05, 0.1) is 11.6 Å². The van der Waals surface area contributed by atoms with Gasteiger partial charge in [-0.25, -0.2) is 4.98 Å². The molecule has 2 N–H and O–H groups in total. The highest BCUT2D eigenvalue weighted by Gasteiger charge is 2.11. The second-order valence-electron chi connectivity index (χ2n) is 4.55. The summed E-state index contributed by atoms with van der Waals surface area (Å²) in [6.45, 7) is 0.562. The first kappa shape index (κ1) is 13.0. The molecule has 0 fully saturated rings. The number of fused-ring (bicyclic) bond motifs is 1. The van der Waals surface area contributed by atoms with E-state index in [2.05, 4.69) is 4.98 Å². The first-order valence-electron chi connectivity index (χ1n) is 6.20. The summed E-state index contributed by atoms with van der Waals surface area (Å²) in [5.74, 6) is 0.581. The number of imidazole rings is 1. The third-order valence-corrected chi connectivity index (χ3v) is 3.35. The maximum atomic E-state index is 6.17. The van der Waals surface area contributed by atoms with Crippen molar-refractivity contribution in [2.45, 2.75) is 6.61 Å². The molecular formula is C15H14ClN3O. The van der Waals surface area contributed by atoms with Crippen molar-refractivity contribution >= 4 is 23.1 Å². The van der Waals surface area contributed by atoms with E-state index >= 15 is 0 Å². The fourth-order valence-electron chi connectivity index (χ4n) is 2.22. The number of ether oxygens (including phenoxy) is 1. The van der Waals surface area contributed by atoms with Crippen LogP contribution in [0.25, 0.3) is 16.9 Å². The Morgan fingerprint density at radius 3 is 2.95 bits per heavy atom. The number of nitrogens with two attached hydrogens (primary N) is 1. The predicted octanol–water partition coefficient (Wildman–Crippen LogP) is 3.38. The van der Waals surface area contributed by atoms with Crippen molar-refractivity contribution in [3.63, 3.8) is 0 Å². The van der Waals surface area contributed by atoms with Crippen LogP contribution in [0.1, 0.15) is 5.56 Å². The molecule has 0 spiro atoms. The number of aromatic nitrogens is 2. The molecule has 2 heterocycles. The van der Waals surface area contributed by atoms with Crippen molar-refractivity contribution < 1.29 is 4.74 Å². The van der Waals surface area contributed by atoms with E-state index in [9.17, 15) is 0 Å². The van der Waals surface area contributed by atoms with E-state index in [1.54, 1.807) is 23.8 Å². The molecular weight excluding hydrogens is 274 g/mol. The Kier molecular flexibility index (Phi) is 3.34. The fraction of sp³-hybridized carbons (Fsp3) is 0.133. The minimum absolute atomic E-state index is 0.562. The number of rotatable bonds is 3. The lowest BCUT2D eigenvalue weighted by molar-refractivity contribution is 0.185. The molecule has 0 saturated heterocycles. The number of nitrogens with zero attached hydrogens (tertiary/aromatic N) is 2. The molecule has 0 radical (unpaired) electrons. The number of nitrogen functional groups attached to an aromatic ring is 1. The largest absolute Gasteiger partial charge is 0.383 e. The van der Waals surface area contributed by atoms with Crippen molar-refractivity contribution in [3.8, 4) is 11.3 Å². The van der Waals surface area contributed by atoms with E-state index in [0.29, 0.717) is 17.4 Å². The van der Waals surface area contributed by atoms with E-state index in [1.807, 2.05) is 30.3 Å². The predicted molar refractivity (Wildman–Crippen MR) is 80.8 cm³/mol. The highest BCUT2D eigenvalue weighted by Crippen LogP contribution is 2.28. The van der Waals surface area contributed by atoms with Gasteiger partial charge in [-0.1, -0.05) is 29.8 Å². The molecule has 5 heteroatoms. The van der Waals surface area contributed by atoms with Gasteiger partial charge >= 0.3 is 0 Å². The highest BCUT2D eigenvalue weighted by atomic mass is 35.5. The number of anilines is 1. The zero-order chi connectivity index (χ0) is 14.1. The molecule has 3 rings (SSSR count). The fourth-order valence-corrected chi connectivity index (χ4v) is 2.39. The topological polar surface area (TPSA) is 52.5 Å². The lowest BCUT2D eigenvalue weighted by Crippen LogP contribution is -1.94. The SMILES string of the molecule is COCc1cccc(-c2nc3ccc(Cl)cn3c2N)c1. The Hall–Kier alpha value is -2.04. The normalized spacial score (nSPS) is 11.1. The van der Waals surface area contributed by atoms with Gasteiger partial charge in [-0.15, -0.1) is 0 Å². The van der Waals surface area contributed by atoms with Crippen LogP contribution in [0.4, 0.5) is 5.82 Å². The molecule has 0 bridgehead atoms. The first-order valence-corrected chi connectivity index (χ1v) is 6.58. The van der Waals surface area contributed by atoms with Gasteiger partial charge in [-0.2, -0.15) is 0 Å². The maximum absolute atomic E-state index is 6.17. The number of hydrogen-bond donors (Lipinski definition) is 1. The highest BCUT2D eigenvalue weighted by molar-refractivity contribution is 6.30. The monoisotopic (exact) mass is 287 g/mol. The van der Waals surface area contributed by atoms with E-state index in [-0.39, 0.29) is 0 Å². The summed E-state index contributed by atoms with van der Waals surface area (Å²) in [5.41, 5.74) is 9.76. The van der Waals surface area contributed by atoms with Crippen molar-refractivity contribution in [1.29, 1.82) is 0 Å². The van der Waals surface area contributed by atoms with Crippen LogP contribution in [0.5, 0.6) is 0 Å². The third kappa shape index (κ3) is 2.24. The van der Waals surface area contributed by atoms with Crippen molar-refractivity contribution in [2.75, 3.05) is 12.8 Å². The number of benzene rings is 1. The molecule has 1 aromatic carbocycles. The van der Waals surface area contributed by atoms with Crippen LogP contribution >= 0.6 is 11.6 Å². The van der Waals surface area contributed by atoms with Crippen LogP contribution < -0.4 is 5.73 Å². The quantitative estimate of drug-likeness (QED) is 0.803. The van der Waals surface area contributed by atoms with Crippen molar-refractivity contribution in [1.82, 2.24) is 9.38 Å². The second-order valence-corrected chi connectivity index (χ2v) is 4.99. The molecule has 0 amide bonds. The van der Waals surface area contributed by atoms with E-state index in [4.69, 9.17) is 22.1 Å². The van der Waals surface area contributed by atoms with Gasteiger partial charge in [0, 0.05) is 18.9 Å². The van der Waals surface area contributed by atoms with Crippen LogP contribution in [0.15, 0.2) is 42.6 Å². The summed E-state index contributed by atoms with van der Waals surface area (Å²) in [4.78, 5) is 4.56. The Bertz CT molecular complexity index is 767. The second kappa shape index (κ2) is 5.15. The number of hydrogen-bond acceptors (Lipinski definition) is 3. The molecule has 0 atom stereocenters. The number of methoxy groups -OCH3 is 1. The van der Waals surface area contributed by atoms with Gasteiger partial charge in [-0.05, 0) is 23.8 Å². The molecule has 102 valence electrons. The molecule has 0 aliphatic heterocycles. The standard InChI is InChI=1S/C15H14ClN3O/c1-20-9-10-3-2-4-11(7-10)14-15(17)19-8-12(16)5-6-13(19)18-14/h2-8H,9,17H2,1H3. The van der Waals surface area contributed by atoms with E-state index in [0.717, 1.165) is 22.5 Å².